The Morgan fingerprint density at radius 2 is 2.32 bits per heavy atom. The standard InChI is InChI=1S/C14H19ClN2O2/c1-16-14(19)13-4-2-3-7-17(13)12-6-5-11(15)8-10(12)9-18/h5-6,8,13,18H,2-4,7,9H2,1H3,(H,16,19). The summed E-state index contributed by atoms with van der Waals surface area (Å²) >= 11 is 5.95. The number of amides is 1. The summed E-state index contributed by atoms with van der Waals surface area (Å²) in [6, 6.07) is 5.28. The van der Waals surface area contributed by atoms with Gasteiger partial charge in [0.05, 0.1) is 6.61 Å². The SMILES string of the molecule is CNC(=O)C1CCCCN1c1ccc(Cl)cc1CO. The fraction of sp³-hybridized carbons (Fsp3) is 0.500. The van der Waals surface area contributed by atoms with E-state index in [1.54, 1.807) is 19.2 Å². The lowest BCUT2D eigenvalue weighted by Crippen LogP contribution is -2.49. The Morgan fingerprint density at radius 3 is 3.00 bits per heavy atom. The van der Waals surface area contributed by atoms with Crippen molar-refractivity contribution in [2.45, 2.75) is 31.9 Å². The molecule has 1 aromatic carbocycles. The predicted octanol–water partition coefficient (Wildman–Crippen LogP) is 1.94. The summed E-state index contributed by atoms with van der Waals surface area (Å²) in [4.78, 5) is 14.0. The quantitative estimate of drug-likeness (QED) is 0.891. The van der Waals surface area contributed by atoms with E-state index in [9.17, 15) is 9.90 Å². The van der Waals surface area contributed by atoms with Gasteiger partial charge in [0.2, 0.25) is 5.91 Å². The fourth-order valence-electron chi connectivity index (χ4n) is 2.62. The number of carbonyl (C=O) groups excluding carboxylic acids is 1. The number of nitrogens with one attached hydrogen (secondary N) is 1. The van der Waals surface area contributed by atoms with Gasteiger partial charge in [-0.3, -0.25) is 4.79 Å². The Kier molecular flexibility index (Phi) is 4.66. The summed E-state index contributed by atoms with van der Waals surface area (Å²) < 4.78 is 0. The zero-order chi connectivity index (χ0) is 13.8. The molecule has 1 heterocycles. The Labute approximate surface area is 118 Å². The van der Waals surface area contributed by atoms with Crippen LogP contribution in [0, 0.1) is 0 Å². The minimum absolute atomic E-state index is 0.0264. The lowest BCUT2D eigenvalue weighted by atomic mass is 9.99. The van der Waals surface area contributed by atoms with Gasteiger partial charge in [-0.05, 0) is 37.5 Å². The van der Waals surface area contributed by atoms with Gasteiger partial charge < -0.3 is 15.3 Å². The topological polar surface area (TPSA) is 52.6 Å². The molecule has 0 radical (unpaired) electrons. The third kappa shape index (κ3) is 3.01. The van der Waals surface area contributed by atoms with E-state index >= 15 is 0 Å². The maximum absolute atomic E-state index is 12.0. The third-order valence-corrected chi connectivity index (χ3v) is 3.81. The summed E-state index contributed by atoms with van der Waals surface area (Å²) in [5, 5.41) is 12.8. The highest BCUT2D eigenvalue weighted by molar-refractivity contribution is 6.30. The van der Waals surface area contributed by atoms with Crippen LogP contribution < -0.4 is 10.2 Å². The van der Waals surface area contributed by atoms with Crippen LogP contribution >= 0.6 is 11.6 Å². The molecule has 1 unspecified atom stereocenters. The largest absolute Gasteiger partial charge is 0.392 e. The molecule has 1 amide bonds. The molecule has 2 N–H and O–H groups in total. The van der Waals surface area contributed by atoms with E-state index in [1.165, 1.54) is 0 Å². The van der Waals surface area contributed by atoms with E-state index in [0.717, 1.165) is 37.1 Å². The first kappa shape index (κ1) is 14.2. The van der Waals surface area contributed by atoms with E-state index in [-0.39, 0.29) is 18.6 Å². The van der Waals surface area contributed by atoms with Crippen LogP contribution in [0.4, 0.5) is 5.69 Å². The van der Waals surface area contributed by atoms with Crippen molar-refractivity contribution in [3.8, 4) is 0 Å². The average molecular weight is 283 g/mol. The monoisotopic (exact) mass is 282 g/mol. The van der Waals surface area contributed by atoms with Crippen molar-refractivity contribution in [1.82, 2.24) is 5.32 Å². The molecular weight excluding hydrogens is 264 g/mol. The molecule has 5 heteroatoms. The van der Waals surface area contributed by atoms with E-state index in [1.807, 2.05) is 6.07 Å². The molecule has 1 saturated heterocycles. The van der Waals surface area contributed by atoms with E-state index in [0.29, 0.717) is 5.02 Å². The van der Waals surface area contributed by atoms with Crippen LogP contribution in [0.3, 0.4) is 0 Å². The molecule has 1 fully saturated rings. The van der Waals surface area contributed by atoms with Crippen molar-refractivity contribution in [2.75, 3.05) is 18.5 Å². The molecule has 0 saturated carbocycles. The lowest BCUT2D eigenvalue weighted by molar-refractivity contribution is -0.122. The maximum atomic E-state index is 12.0. The third-order valence-electron chi connectivity index (χ3n) is 3.57. The molecule has 1 atom stereocenters. The second-order valence-corrected chi connectivity index (χ2v) is 5.19. The van der Waals surface area contributed by atoms with Crippen LogP contribution in [-0.2, 0) is 11.4 Å². The van der Waals surface area contributed by atoms with Gasteiger partial charge in [0.15, 0.2) is 0 Å². The first-order valence-electron chi connectivity index (χ1n) is 6.55. The molecule has 0 aromatic heterocycles. The predicted molar refractivity (Wildman–Crippen MR) is 76.4 cm³/mol. The number of piperidine rings is 1. The average Bonchev–Trinajstić information content (AvgIpc) is 2.46. The molecule has 1 aliphatic rings. The van der Waals surface area contributed by atoms with Crippen LogP contribution in [0.2, 0.25) is 5.02 Å². The molecule has 1 aromatic rings. The second-order valence-electron chi connectivity index (χ2n) is 4.75. The number of halogens is 1. The lowest BCUT2D eigenvalue weighted by Gasteiger charge is -2.37. The highest BCUT2D eigenvalue weighted by Gasteiger charge is 2.29. The van der Waals surface area contributed by atoms with E-state index in [2.05, 4.69) is 10.2 Å². The van der Waals surface area contributed by atoms with Gasteiger partial charge in [0, 0.05) is 29.9 Å². The van der Waals surface area contributed by atoms with Crippen LogP contribution in [-0.4, -0.2) is 30.6 Å². The van der Waals surface area contributed by atoms with Crippen LogP contribution in [0.1, 0.15) is 24.8 Å². The van der Waals surface area contributed by atoms with Crippen LogP contribution in [0.25, 0.3) is 0 Å². The number of hydrogen-bond donors (Lipinski definition) is 2. The Morgan fingerprint density at radius 1 is 1.53 bits per heavy atom. The Bertz CT molecular complexity index is 465. The summed E-state index contributed by atoms with van der Waals surface area (Å²) in [6.45, 7) is 0.750. The summed E-state index contributed by atoms with van der Waals surface area (Å²) in [6.07, 6.45) is 2.95. The normalized spacial score (nSPS) is 19.3. The summed E-state index contributed by atoms with van der Waals surface area (Å²) in [7, 11) is 1.66. The minimum atomic E-state index is -0.162. The van der Waals surface area contributed by atoms with Gasteiger partial charge in [0.25, 0.3) is 0 Å². The molecule has 0 bridgehead atoms. The number of anilines is 1. The van der Waals surface area contributed by atoms with Crippen molar-refractivity contribution in [1.29, 1.82) is 0 Å². The number of likely N-dealkylation sites (N-methyl/N-ethyl adjacent to an activating group) is 1. The zero-order valence-electron chi connectivity index (χ0n) is 11.0. The molecule has 1 aliphatic heterocycles. The molecular formula is C14H19ClN2O2. The van der Waals surface area contributed by atoms with E-state index in [4.69, 9.17) is 11.6 Å². The number of hydrogen-bond acceptors (Lipinski definition) is 3. The van der Waals surface area contributed by atoms with Gasteiger partial charge in [-0.15, -0.1) is 0 Å². The Hall–Kier alpha value is -1.26. The highest BCUT2D eigenvalue weighted by atomic mass is 35.5. The highest BCUT2D eigenvalue weighted by Crippen LogP contribution is 2.30. The first-order valence-corrected chi connectivity index (χ1v) is 6.92. The molecule has 0 aliphatic carbocycles. The number of rotatable bonds is 3. The summed E-state index contributed by atoms with van der Waals surface area (Å²) in [5.41, 5.74) is 1.67. The van der Waals surface area contributed by atoms with Gasteiger partial charge in [-0.25, -0.2) is 0 Å². The van der Waals surface area contributed by atoms with Crippen molar-refractivity contribution in [2.24, 2.45) is 0 Å². The smallest absolute Gasteiger partial charge is 0.242 e. The number of benzene rings is 1. The van der Waals surface area contributed by atoms with Crippen molar-refractivity contribution < 1.29 is 9.90 Å². The Balaban J connectivity index is 2.34. The summed E-state index contributed by atoms with van der Waals surface area (Å²) in [5.74, 6) is 0.0264. The van der Waals surface area contributed by atoms with Gasteiger partial charge >= 0.3 is 0 Å². The van der Waals surface area contributed by atoms with Gasteiger partial charge in [-0.2, -0.15) is 0 Å². The molecule has 0 spiro atoms. The van der Waals surface area contributed by atoms with Crippen molar-refractivity contribution >= 4 is 23.2 Å². The second kappa shape index (κ2) is 6.26. The molecule has 4 nitrogen and oxygen atoms in total. The number of aliphatic hydroxyl groups is 1. The molecule has 19 heavy (non-hydrogen) atoms. The molecule has 2 rings (SSSR count). The van der Waals surface area contributed by atoms with Crippen LogP contribution in [0.15, 0.2) is 18.2 Å². The van der Waals surface area contributed by atoms with E-state index < -0.39 is 0 Å². The maximum Gasteiger partial charge on any atom is 0.242 e. The molecule has 104 valence electrons. The minimum Gasteiger partial charge on any atom is -0.392 e. The van der Waals surface area contributed by atoms with Gasteiger partial charge in [-0.1, -0.05) is 11.6 Å². The zero-order valence-corrected chi connectivity index (χ0v) is 11.8. The van der Waals surface area contributed by atoms with Crippen LogP contribution in [0.5, 0.6) is 0 Å². The van der Waals surface area contributed by atoms with Gasteiger partial charge in [0.1, 0.15) is 6.04 Å². The number of nitrogens with zero attached hydrogens (tertiary/aromatic N) is 1. The first-order chi connectivity index (χ1) is 9.17. The van der Waals surface area contributed by atoms with Crippen molar-refractivity contribution in [3.05, 3.63) is 28.8 Å². The van der Waals surface area contributed by atoms with Crippen molar-refractivity contribution in [3.63, 3.8) is 0 Å². The number of aliphatic hydroxyl groups excluding tert-OH is 1. The fourth-order valence-corrected chi connectivity index (χ4v) is 2.81. The number of carbonyl (C=O) groups is 1.